The van der Waals surface area contributed by atoms with E-state index >= 15 is 0 Å². The SMILES string of the molecule is CCCCCCCC(O)C#CCCCO. The molecule has 88 valence electrons. The molecule has 0 fully saturated rings. The van der Waals surface area contributed by atoms with Crippen LogP contribution in [0.25, 0.3) is 0 Å². The van der Waals surface area contributed by atoms with Crippen molar-refractivity contribution in [1.29, 1.82) is 0 Å². The van der Waals surface area contributed by atoms with E-state index in [1.807, 2.05) is 0 Å². The summed E-state index contributed by atoms with van der Waals surface area (Å²) in [7, 11) is 0. The summed E-state index contributed by atoms with van der Waals surface area (Å²) in [5.74, 6) is 5.68. The zero-order valence-electron chi connectivity index (χ0n) is 9.84. The average molecular weight is 212 g/mol. The lowest BCUT2D eigenvalue weighted by molar-refractivity contribution is 0.217. The molecule has 0 aromatic heterocycles. The Bertz CT molecular complexity index is 179. The first-order valence-electron chi connectivity index (χ1n) is 6.08. The highest BCUT2D eigenvalue weighted by Crippen LogP contribution is 2.06. The minimum absolute atomic E-state index is 0.182. The standard InChI is InChI=1S/C13H24O2/c1-2-3-4-5-7-10-13(15)11-8-6-9-12-14/h13-15H,2-7,9-10,12H2,1H3. The Morgan fingerprint density at radius 3 is 2.47 bits per heavy atom. The second-order valence-corrected chi connectivity index (χ2v) is 3.87. The molecule has 1 unspecified atom stereocenters. The van der Waals surface area contributed by atoms with Gasteiger partial charge in [0.1, 0.15) is 6.10 Å². The van der Waals surface area contributed by atoms with Gasteiger partial charge in [-0.1, -0.05) is 38.5 Å². The van der Waals surface area contributed by atoms with Gasteiger partial charge >= 0.3 is 0 Å². The second-order valence-electron chi connectivity index (χ2n) is 3.87. The molecule has 0 heterocycles. The van der Waals surface area contributed by atoms with Crippen LogP contribution in [0.2, 0.25) is 0 Å². The maximum atomic E-state index is 9.47. The van der Waals surface area contributed by atoms with Gasteiger partial charge in [0.05, 0.1) is 0 Å². The molecule has 0 spiro atoms. The molecule has 0 saturated carbocycles. The largest absolute Gasteiger partial charge is 0.396 e. The van der Waals surface area contributed by atoms with Crippen LogP contribution in [0.4, 0.5) is 0 Å². The van der Waals surface area contributed by atoms with E-state index < -0.39 is 6.10 Å². The Morgan fingerprint density at radius 1 is 1.07 bits per heavy atom. The smallest absolute Gasteiger partial charge is 0.114 e. The van der Waals surface area contributed by atoms with Crippen LogP contribution in [-0.4, -0.2) is 22.9 Å². The highest BCUT2D eigenvalue weighted by molar-refractivity contribution is 5.04. The van der Waals surface area contributed by atoms with Gasteiger partial charge in [-0.05, 0) is 19.3 Å². The van der Waals surface area contributed by atoms with Gasteiger partial charge in [-0.2, -0.15) is 0 Å². The molecule has 0 saturated heterocycles. The predicted octanol–water partition coefficient (Wildman–Crippen LogP) is 2.48. The van der Waals surface area contributed by atoms with Gasteiger partial charge < -0.3 is 10.2 Å². The monoisotopic (exact) mass is 212 g/mol. The summed E-state index contributed by atoms with van der Waals surface area (Å²) in [4.78, 5) is 0. The van der Waals surface area contributed by atoms with Crippen molar-refractivity contribution in [2.24, 2.45) is 0 Å². The summed E-state index contributed by atoms with van der Waals surface area (Å²) in [6.45, 7) is 2.38. The van der Waals surface area contributed by atoms with Crippen LogP contribution in [0.3, 0.4) is 0 Å². The van der Waals surface area contributed by atoms with Gasteiger partial charge in [-0.25, -0.2) is 0 Å². The molecule has 0 aliphatic carbocycles. The maximum Gasteiger partial charge on any atom is 0.114 e. The van der Waals surface area contributed by atoms with E-state index in [-0.39, 0.29) is 6.61 Å². The molecular formula is C13H24O2. The van der Waals surface area contributed by atoms with Crippen molar-refractivity contribution in [1.82, 2.24) is 0 Å². The topological polar surface area (TPSA) is 40.5 Å². The van der Waals surface area contributed by atoms with Gasteiger partial charge in [-0.15, -0.1) is 5.92 Å². The molecule has 0 aromatic rings. The second kappa shape index (κ2) is 11.6. The van der Waals surface area contributed by atoms with Crippen LogP contribution >= 0.6 is 0 Å². The number of rotatable bonds is 8. The molecule has 0 radical (unpaired) electrons. The first-order chi connectivity index (χ1) is 7.31. The van der Waals surface area contributed by atoms with Gasteiger partial charge in [0, 0.05) is 13.0 Å². The van der Waals surface area contributed by atoms with Gasteiger partial charge in [0.25, 0.3) is 0 Å². The van der Waals surface area contributed by atoms with Crippen molar-refractivity contribution in [3.8, 4) is 11.8 Å². The molecule has 1 atom stereocenters. The summed E-state index contributed by atoms with van der Waals surface area (Å²) in [6, 6.07) is 0. The summed E-state index contributed by atoms with van der Waals surface area (Å²) >= 11 is 0. The molecule has 2 heteroatoms. The fourth-order valence-corrected chi connectivity index (χ4v) is 1.37. The van der Waals surface area contributed by atoms with Crippen molar-refractivity contribution in [3.63, 3.8) is 0 Å². The third-order valence-corrected chi connectivity index (χ3v) is 2.31. The van der Waals surface area contributed by atoms with Crippen molar-refractivity contribution < 1.29 is 10.2 Å². The lowest BCUT2D eigenvalue weighted by atomic mass is 10.1. The fourth-order valence-electron chi connectivity index (χ4n) is 1.37. The Labute approximate surface area is 93.7 Å². The van der Waals surface area contributed by atoms with E-state index in [9.17, 15) is 5.11 Å². The van der Waals surface area contributed by atoms with Crippen molar-refractivity contribution in [2.45, 2.75) is 64.4 Å². The predicted molar refractivity (Wildman–Crippen MR) is 63.5 cm³/mol. The normalized spacial score (nSPS) is 11.9. The molecule has 0 aliphatic heterocycles. The Morgan fingerprint density at radius 2 is 1.80 bits per heavy atom. The third kappa shape index (κ3) is 11.4. The number of unbranched alkanes of at least 4 members (excludes halogenated alkanes) is 5. The molecule has 0 bridgehead atoms. The van der Waals surface area contributed by atoms with Gasteiger partial charge in [0.2, 0.25) is 0 Å². The number of aliphatic hydroxyl groups excluding tert-OH is 2. The molecule has 2 N–H and O–H groups in total. The zero-order valence-corrected chi connectivity index (χ0v) is 9.84. The minimum atomic E-state index is -0.467. The van der Waals surface area contributed by atoms with Crippen molar-refractivity contribution in [2.75, 3.05) is 6.61 Å². The summed E-state index contributed by atoms with van der Waals surface area (Å²) < 4.78 is 0. The van der Waals surface area contributed by atoms with Crippen LogP contribution in [0.5, 0.6) is 0 Å². The average Bonchev–Trinajstić information content (AvgIpc) is 2.24. The van der Waals surface area contributed by atoms with Gasteiger partial charge in [0.15, 0.2) is 0 Å². The molecule has 0 aliphatic rings. The minimum Gasteiger partial charge on any atom is -0.396 e. The lowest BCUT2D eigenvalue weighted by Crippen LogP contribution is -2.02. The molecule has 0 aromatic carbocycles. The van der Waals surface area contributed by atoms with E-state index in [1.54, 1.807) is 0 Å². The third-order valence-electron chi connectivity index (χ3n) is 2.31. The molecule has 0 rings (SSSR count). The van der Waals surface area contributed by atoms with E-state index in [4.69, 9.17) is 5.11 Å². The fraction of sp³-hybridized carbons (Fsp3) is 0.846. The summed E-state index contributed by atoms with van der Waals surface area (Å²) in [6.07, 6.45) is 7.78. The summed E-state index contributed by atoms with van der Waals surface area (Å²) in [5, 5.41) is 18.0. The van der Waals surface area contributed by atoms with Crippen LogP contribution in [0, 0.1) is 11.8 Å². The van der Waals surface area contributed by atoms with Crippen LogP contribution in [0.1, 0.15) is 58.3 Å². The molecule has 15 heavy (non-hydrogen) atoms. The van der Waals surface area contributed by atoms with E-state index in [1.165, 1.54) is 25.7 Å². The maximum absolute atomic E-state index is 9.47. The highest BCUT2D eigenvalue weighted by Gasteiger charge is 1.97. The zero-order chi connectivity index (χ0) is 11.4. The van der Waals surface area contributed by atoms with Crippen molar-refractivity contribution in [3.05, 3.63) is 0 Å². The quantitative estimate of drug-likeness (QED) is 0.479. The van der Waals surface area contributed by atoms with E-state index in [0.717, 1.165) is 12.8 Å². The van der Waals surface area contributed by atoms with Gasteiger partial charge in [-0.3, -0.25) is 0 Å². The Kier molecular flexibility index (Phi) is 11.2. The Hall–Kier alpha value is -0.520. The van der Waals surface area contributed by atoms with Crippen LogP contribution in [0.15, 0.2) is 0 Å². The summed E-state index contributed by atoms with van der Waals surface area (Å²) in [5.41, 5.74) is 0. The van der Waals surface area contributed by atoms with E-state index in [0.29, 0.717) is 12.8 Å². The molecule has 0 amide bonds. The molecular weight excluding hydrogens is 188 g/mol. The lowest BCUT2D eigenvalue weighted by Gasteiger charge is -2.02. The molecule has 2 nitrogen and oxygen atoms in total. The van der Waals surface area contributed by atoms with Crippen LogP contribution in [-0.2, 0) is 0 Å². The first kappa shape index (κ1) is 14.5. The Balaban J connectivity index is 3.30. The first-order valence-corrected chi connectivity index (χ1v) is 6.08. The number of hydrogen-bond donors (Lipinski definition) is 2. The number of hydrogen-bond acceptors (Lipinski definition) is 2. The number of aliphatic hydroxyl groups is 2. The highest BCUT2D eigenvalue weighted by atomic mass is 16.3. The van der Waals surface area contributed by atoms with Crippen molar-refractivity contribution >= 4 is 0 Å². The van der Waals surface area contributed by atoms with E-state index in [2.05, 4.69) is 18.8 Å². The van der Waals surface area contributed by atoms with Crippen LogP contribution < -0.4 is 0 Å².